The molecule has 1 unspecified atom stereocenters. The number of pyridine rings is 1. The van der Waals surface area contributed by atoms with Gasteiger partial charge in [-0.05, 0) is 61.4 Å². The highest BCUT2D eigenvalue weighted by molar-refractivity contribution is 5.89. The number of hydrogen-bond acceptors (Lipinski definition) is 10. The fourth-order valence-electron chi connectivity index (χ4n) is 3.82. The van der Waals surface area contributed by atoms with Gasteiger partial charge in [0, 0.05) is 25.2 Å². The van der Waals surface area contributed by atoms with Gasteiger partial charge < -0.3 is 28.4 Å². The predicted molar refractivity (Wildman–Crippen MR) is 151 cm³/mol. The number of aromatic nitrogens is 1. The molecular formula is C31H37NO9. The highest BCUT2D eigenvalue weighted by Crippen LogP contribution is 2.22. The van der Waals surface area contributed by atoms with E-state index in [0.29, 0.717) is 31.6 Å². The van der Waals surface area contributed by atoms with E-state index in [9.17, 15) is 14.4 Å². The third kappa shape index (κ3) is 11.2. The van der Waals surface area contributed by atoms with Crippen LogP contribution in [0.5, 0.6) is 5.75 Å². The largest absolute Gasteiger partial charge is 0.516 e. The third-order valence-electron chi connectivity index (χ3n) is 6.21. The summed E-state index contributed by atoms with van der Waals surface area (Å²) in [5.74, 6) is -0.368. The van der Waals surface area contributed by atoms with Crippen LogP contribution < -0.4 is 4.74 Å². The van der Waals surface area contributed by atoms with Crippen LogP contribution in [0.2, 0.25) is 0 Å². The SMILES string of the molecule is COc1ccc2cc(CC(=O)OC(=O)OCCC(C)(C)OCCOC(C)CCOC(=O)c3cccnc3)ccc2c1. The standard InChI is InChI=1S/C31H37NO9/c1-22(11-14-38-29(34)26-6-5-13-32-21-26)37-16-17-40-31(2,3)12-15-39-30(35)41-28(33)19-23-7-8-25-20-27(36-4)10-9-24(25)18-23/h5-10,13,18,20-22H,11-12,14-17,19H2,1-4H3. The van der Waals surface area contributed by atoms with Gasteiger partial charge in [-0.25, -0.2) is 9.59 Å². The molecular weight excluding hydrogens is 530 g/mol. The number of rotatable bonds is 15. The van der Waals surface area contributed by atoms with Crippen molar-refractivity contribution in [2.24, 2.45) is 0 Å². The van der Waals surface area contributed by atoms with Crippen LogP contribution in [0.4, 0.5) is 4.79 Å². The van der Waals surface area contributed by atoms with Gasteiger partial charge in [0.2, 0.25) is 0 Å². The molecule has 41 heavy (non-hydrogen) atoms. The Morgan fingerprint density at radius 1 is 0.927 bits per heavy atom. The lowest BCUT2D eigenvalue weighted by molar-refractivity contribution is -0.139. The van der Waals surface area contributed by atoms with Gasteiger partial charge in [-0.15, -0.1) is 0 Å². The zero-order chi connectivity index (χ0) is 29.7. The Bertz CT molecular complexity index is 1290. The van der Waals surface area contributed by atoms with Crippen LogP contribution in [0.3, 0.4) is 0 Å². The quantitative estimate of drug-likeness (QED) is 0.136. The molecule has 0 spiro atoms. The molecule has 1 heterocycles. The molecule has 1 atom stereocenters. The molecule has 0 radical (unpaired) electrons. The summed E-state index contributed by atoms with van der Waals surface area (Å²) in [4.78, 5) is 40.0. The summed E-state index contributed by atoms with van der Waals surface area (Å²) in [5, 5.41) is 1.93. The predicted octanol–water partition coefficient (Wildman–Crippen LogP) is 5.30. The molecule has 3 rings (SSSR count). The Labute approximate surface area is 239 Å². The van der Waals surface area contributed by atoms with E-state index in [1.54, 1.807) is 31.5 Å². The first-order valence-corrected chi connectivity index (χ1v) is 13.4. The monoisotopic (exact) mass is 567 g/mol. The second-order valence-corrected chi connectivity index (χ2v) is 10.0. The van der Waals surface area contributed by atoms with E-state index in [1.807, 2.05) is 51.1 Å². The number of methoxy groups -OCH3 is 1. The summed E-state index contributed by atoms with van der Waals surface area (Å²) in [6.45, 7) is 6.55. The minimum atomic E-state index is -1.04. The molecule has 0 bridgehead atoms. The van der Waals surface area contributed by atoms with Crippen LogP contribution >= 0.6 is 0 Å². The van der Waals surface area contributed by atoms with Crippen LogP contribution in [0.15, 0.2) is 60.9 Å². The normalized spacial score (nSPS) is 12.0. The first-order valence-electron chi connectivity index (χ1n) is 13.4. The molecule has 2 aromatic carbocycles. The highest BCUT2D eigenvalue weighted by atomic mass is 16.7. The maximum Gasteiger partial charge on any atom is 0.516 e. The van der Waals surface area contributed by atoms with Gasteiger partial charge in [0.25, 0.3) is 0 Å². The number of benzene rings is 2. The molecule has 0 saturated carbocycles. The van der Waals surface area contributed by atoms with Crippen LogP contribution in [0.25, 0.3) is 10.8 Å². The Hall–Kier alpha value is -4.02. The summed E-state index contributed by atoms with van der Waals surface area (Å²) in [5.41, 5.74) is 0.532. The number of ether oxygens (including phenoxy) is 6. The number of carbonyl (C=O) groups excluding carboxylic acids is 3. The molecule has 1 aromatic heterocycles. The first kappa shape index (κ1) is 31.5. The fourth-order valence-corrected chi connectivity index (χ4v) is 3.82. The van der Waals surface area contributed by atoms with Gasteiger partial charge in [-0.1, -0.05) is 24.3 Å². The number of hydrogen-bond donors (Lipinski definition) is 0. The van der Waals surface area contributed by atoms with E-state index >= 15 is 0 Å². The number of esters is 2. The molecule has 0 saturated heterocycles. The smallest absolute Gasteiger partial charge is 0.497 e. The highest BCUT2D eigenvalue weighted by Gasteiger charge is 2.21. The molecule has 10 nitrogen and oxygen atoms in total. The summed E-state index contributed by atoms with van der Waals surface area (Å²) >= 11 is 0. The van der Waals surface area contributed by atoms with Crippen molar-refractivity contribution in [1.82, 2.24) is 4.98 Å². The molecule has 0 aliphatic carbocycles. The van der Waals surface area contributed by atoms with Crippen molar-refractivity contribution in [2.45, 2.75) is 51.7 Å². The van der Waals surface area contributed by atoms with Crippen molar-refractivity contribution < 1.29 is 42.8 Å². The second-order valence-electron chi connectivity index (χ2n) is 10.0. The van der Waals surface area contributed by atoms with Crippen molar-refractivity contribution in [3.05, 3.63) is 72.1 Å². The van der Waals surface area contributed by atoms with Gasteiger partial charge in [0.15, 0.2) is 0 Å². The molecule has 0 N–H and O–H groups in total. The molecule has 0 aliphatic rings. The van der Waals surface area contributed by atoms with E-state index < -0.39 is 23.7 Å². The lowest BCUT2D eigenvalue weighted by Crippen LogP contribution is -2.29. The Morgan fingerprint density at radius 3 is 2.46 bits per heavy atom. The van der Waals surface area contributed by atoms with Crippen LogP contribution in [0, 0.1) is 0 Å². The number of nitrogens with zero attached hydrogens (tertiary/aromatic N) is 1. The third-order valence-corrected chi connectivity index (χ3v) is 6.21. The Balaban J connectivity index is 1.26. The van der Waals surface area contributed by atoms with Crippen LogP contribution in [-0.2, 0) is 34.9 Å². The van der Waals surface area contributed by atoms with Crippen molar-refractivity contribution in [3.63, 3.8) is 0 Å². The molecule has 3 aromatic rings. The average Bonchev–Trinajstić information content (AvgIpc) is 2.95. The minimum absolute atomic E-state index is 0.0243. The summed E-state index contributed by atoms with van der Waals surface area (Å²) in [7, 11) is 1.60. The first-order chi connectivity index (χ1) is 19.6. The van der Waals surface area contributed by atoms with Gasteiger partial charge in [-0.3, -0.25) is 9.78 Å². The lowest BCUT2D eigenvalue weighted by atomic mass is 10.0. The van der Waals surface area contributed by atoms with Crippen molar-refractivity contribution in [1.29, 1.82) is 0 Å². The zero-order valence-electron chi connectivity index (χ0n) is 23.9. The van der Waals surface area contributed by atoms with Gasteiger partial charge in [0.05, 0.1) is 57.2 Å². The zero-order valence-corrected chi connectivity index (χ0v) is 23.9. The van der Waals surface area contributed by atoms with Crippen molar-refractivity contribution >= 4 is 28.9 Å². The Morgan fingerprint density at radius 2 is 1.71 bits per heavy atom. The van der Waals surface area contributed by atoms with Crippen LogP contribution in [-0.4, -0.2) is 68.3 Å². The van der Waals surface area contributed by atoms with Crippen molar-refractivity contribution in [2.75, 3.05) is 33.5 Å². The summed E-state index contributed by atoms with van der Waals surface area (Å²) < 4.78 is 31.9. The van der Waals surface area contributed by atoms with E-state index in [0.717, 1.165) is 22.1 Å². The fraction of sp³-hybridized carbons (Fsp3) is 0.419. The lowest BCUT2D eigenvalue weighted by Gasteiger charge is -2.25. The van der Waals surface area contributed by atoms with Gasteiger partial charge >= 0.3 is 18.1 Å². The molecule has 0 aliphatic heterocycles. The topological polar surface area (TPSA) is 119 Å². The maximum absolute atomic E-state index is 12.2. The van der Waals surface area contributed by atoms with E-state index in [1.165, 1.54) is 6.20 Å². The molecule has 0 fully saturated rings. The van der Waals surface area contributed by atoms with Gasteiger partial charge in [0.1, 0.15) is 5.75 Å². The van der Waals surface area contributed by atoms with Crippen LogP contribution in [0.1, 0.15) is 49.5 Å². The molecule has 0 amide bonds. The average molecular weight is 568 g/mol. The van der Waals surface area contributed by atoms with E-state index in [2.05, 4.69) is 4.98 Å². The van der Waals surface area contributed by atoms with Crippen molar-refractivity contribution in [3.8, 4) is 5.75 Å². The maximum atomic E-state index is 12.2. The number of carbonyl (C=O) groups is 3. The molecule has 220 valence electrons. The van der Waals surface area contributed by atoms with E-state index in [-0.39, 0.29) is 25.7 Å². The Kier molecular flexibility index (Phi) is 12.1. The molecule has 10 heteroatoms. The second kappa shape index (κ2) is 15.7. The summed E-state index contributed by atoms with van der Waals surface area (Å²) in [6, 6.07) is 14.5. The summed E-state index contributed by atoms with van der Waals surface area (Å²) in [6.07, 6.45) is 2.75. The number of fused-ring (bicyclic) bond motifs is 1. The van der Waals surface area contributed by atoms with Gasteiger partial charge in [-0.2, -0.15) is 0 Å². The van der Waals surface area contributed by atoms with E-state index in [4.69, 9.17) is 28.4 Å². The minimum Gasteiger partial charge on any atom is -0.497 e.